The quantitative estimate of drug-likeness (QED) is 0.784. The molecule has 0 amide bonds. The summed E-state index contributed by atoms with van der Waals surface area (Å²) in [5, 5.41) is 10.1. The van der Waals surface area contributed by atoms with Crippen molar-refractivity contribution in [1.29, 1.82) is 0 Å². The number of likely N-dealkylation sites (tertiary alicyclic amines) is 1. The van der Waals surface area contributed by atoms with Gasteiger partial charge in [-0.1, -0.05) is 44.2 Å². The monoisotopic (exact) mass is 391 g/mol. The summed E-state index contributed by atoms with van der Waals surface area (Å²) in [6.07, 6.45) is 3.14. The minimum absolute atomic E-state index is 0.0394. The fraction of sp³-hybridized carbons (Fsp3) is 0.550. The third-order valence-electron chi connectivity index (χ3n) is 4.78. The molecule has 1 N–H and O–H groups in total. The second kappa shape index (κ2) is 8.54. The van der Waals surface area contributed by atoms with Gasteiger partial charge in [0.05, 0.1) is 30.3 Å². The number of hydrogen-bond acceptors (Lipinski definition) is 5. The van der Waals surface area contributed by atoms with Crippen molar-refractivity contribution in [3.8, 4) is 0 Å². The lowest BCUT2D eigenvalue weighted by molar-refractivity contribution is 0.0655. The van der Waals surface area contributed by atoms with Crippen molar-refractivity contribution >= 4 is 9.84 Å². The molecule has 0 radical (unpaired) electrons. The number of sulfone groups is 1. The molecule has 7 heteroatoms. The Hall–Kier alpha value is -1.70. The van der Waals surface area contributed by atoms with E-state index >= 15 is 0 Å². The summed E-state index contributed by atoms with van der Waals surface area (Å²) >= 11 is 0. The van der Waals surface area contributed by atoms with Crippen molar-refractivity contribution in [2.45, 2.75) is 51.0 Å². The van der Waals surface area contributed by atoms with Crippen LogP contribution < -0.4 is 0 Å². The summed E-state index contributed by atoms with van der Waals surface area (Å²) in [5.74, 6) is 0.123. The van der Waals surface area contributed by atoms with E-state index in [1.165, 1.54) is 0 Å². The van der Waals surface area contributed by atoms with Gasteiger partial charge in [0, 0.05) is 13.1 Å². The molecule has 0 saturated carbocycles. The highest BCUT2D eigenvalue weighted by Gasteiger charge is 2.26. The van der Waals surface area contributed by atoms with Crippen LogP contribution in [0.2, 0.25) is 0 Å². The van der Waals surface area contributed by atoms with Crippen LogP contribution in [0.3, 0.4) is 0 Å². The van der Waals surface area contributed by atoms with Gasteiger partial charge in [-0.25, -0.2) is 13.4 Å². The van der Waals surface area contributed by atoms with Gasteiger partial charge in [-0.05, 0) is 30.9 Å². The van der Waals surface area contributed by atoms with Crippen LogP contribution in [0.5, 0.6) is 0 Å². The minimum atomic E-state index is -3.46. The van der Waals surface area contributed by atoms with E-state index in [2.05, 4.69) is 9.88 Å². The third-order valence-corrected chi connectivity index (χ3v) is 6.77. The predicted molar refractivity (Wildman–Crippen MR) is 105 cm³/mol. The summed E-state index contributed by atoms with van der Waals surface area (Å²) in [7, 11) is -3.46. The first-order valence-corrected chi connectivity index (χ1v) is 11.2. The van der Waals surface area contributed by atoms with Gasteiger partial charge in [-0.2, -0.15) is 0 Å². The molecular weight excluding hydrogens is 362 g/mol. The highest BCUT2D eigenvalue weighted by molar-refractivity contribution is 7.91. The van der Waals surface area contributed by atoms with E-state index in [9.17, 15) is 13.5 Å². The molecule has 1 fully saturated rings. The molecule has 2 aromatic rings. The Morgan fingerprint density at radius 2 is 1.96 bits per heavy atom. The van der Waals surface area contributed by atoms with Crippen LogP contribution in [0.4, 0.5) is 0 Å². The molecule has 1 aliphatic rings. The first-order chi connectivity index (χ1) is 12.8. The Labute approximate surface area is 161 Å². The van der Waals surface area contributed by atoms with Crippen LogP contribution in [-0.2, 0) is 22.9 Å². The molecule has 1 atom stereocenters. The molecule has 1 aromatic carbocycles. The Bertz CT molecular complexity index is 847. The molecule has 0 aliphatic carbocycles. The average Bonchev–Trinajstić information content (AvgIpc) is 2.98. The van der Waals surface area contributed by atoms with Gasteiger partial charge in [0.2, 0.25) is 15.0 Å². The molecule has 0 spiro atoms. The number of hydrogen-bond donors (Lipinski definition) is 1. The molecular formula is C20H29N3O3S. The smallest absolute Gasteiger partial charge is 0.228 e. The van der Waals surface area contributed by atoms with Crippen molar-refractivity contribution in [3.63, 3.8) is 0 Å². The lowest BCUT2D eigenvalue weighted by Gasteiger charge is -2.30. The van der Waals surface area contributed by atoms with Gasteiger partial charge >= 0.3 is 0 Å². The third kappa shape index (κ3) is 5.18. The highest BCUT2D eigenvalue weighted by atomic mass is 32.2. The fourth-order valence-electron chi connectivity index (χ4n) is 3.62. The lowest BCUT2D eigenvalue weighted by Crippen LogP contribution is -2.38. The molecule has 3 rings (SSSR count). The molecule has 2 heterocycles. The number of aromatic nitrogens is 2. The Kier molecular flexibility index (Phi) is 6.34. The Morgan fingerprint density at radius 1 is 1.22 bits per heavy atom. The summed E-state index contributed by atoms with van der Waals surface area (Å²) in [6.45, 7) is 6.38. The van der Waals surface area contributed by atoms with E-state index < -0.39 is 9.84 Å². The van der Waals surface area contributed by atoms with Gasteiger partial charge < -0.3 is 9.67 Å². The molecule has 1 saturated heterocycles. The van der Waals surface area contributed by atoms with Gasteiger partial charge in [-0.15, -0.1) is 0 Å². The first kappa shape index (κ1) is 20.0. The van der Waals surface area contributed by atoms with Gasteiger partial charge in [0.15, 0.2) is 0 Å². The molecule has 0 bridgehead atoms. The minimum Gasteiger partial charge on any atom is -0.392 e. The first-order valence-electron chi connectivity index (χ1n) is 9.56. The number of piperidine rings is 1. The molecule has 1 aliphatic heterocycles. The van der Waals surface area contributed by atoms with Crippen molar-refractivity contribution in [2.75, 3.05) is 18.8 Å². The summed E-state index contributed by atoms with van der Waals surface area (Å²) < 4.78 is 27.6. The van der Waals surface area contributed by atoms with Gasteiger partial charge in [0.25, 0.3) is 0 Å². The number of β-amino-alcohol motifs (C(OH)–C–C–N with tert-alkyl or cyclic N) is 1. The van der Waals surface area contributed by atoms with E-state index in [4.69, 9.17) is 0 Å². The molecule has 27 heavy (non-hydrogen) atoms. The van der Waals surface area contributed by atoms with Gasteiger partial charge in [-0.3, -0.25) is 4.90 Å². The number of benzene rings is 1. The second-order valence-corrected chi connectivity index (χ2v) is 9.74. The van der Waals surface area contributed by atoms with Crippen LogP contribution in [0.25, 0.3) is 0 Å². The zero-order chi connectivity index (χ0) is 19.4. The average molecular weight is 392 g/mol. The summed E-state index contributed by atoms with van der Waals surface area (Å²) in [4.78, 5) is 6.48. The number of nitrogens with zero attached hydrogens (tertiary/aromatic N) is 3. The Morgan fingerprint density at radius 3 is 2.63 bits per heavy atom. The fourth-order valence-corrected chi connectivity index (χ4v) is 5.38. The molecule has 148 valence electrons. The maximum absolute atomic E-state index is 12.9. The lowest BCUT2D eigenvalue weighted by atomic mass is 10.1. The Balaban J connectivity index is 1.93. The number of aliphatic hydroxyl groups is 1. The van der Waals surface area contributed by atoms with Crippen LogP contribution in [0.15, 0.2) is 41.7 Å². The topological polar surface area (TPSA) is 75.4 Å². The maximum atomic E-state index is 12.9. The van der Waals surface area contributed by atoms with Gasteiger partial charge in [0.1, 0.15) is 0 Å². The SMILES string of the molecule is CC(C)CS(=O)(=O)c1ncc(CN2CCCC(O)C2)n1Cc1ccccc1. The van der Waals surface area contributed by atoms with E-state index in [1.54, 1.807) is 6.20 Å². The van der Waals surface area contributed by atoms with Crippen LogP contribution in [0, 0.1) is 5.92 Å². The second-order valence-electron chi connectivity index (χ2n) is 7.81. The molecule has 1 aromatic heterocycles. The molecule has 6 nitrogen and oxygen atoms in total. The van der Waals surface area contributed by atoms with Crippen molar-refractivity contribution in [1.82, 2.24) is 14.5 Å². The van der Waals surface area contributed by atoms with E-state index in [-0.39, 0.29) is 22.9 Å². The van der Waals surface area contributed by atoms with Crippen molar-refractivity contribution in [2.24, 2.45) is 5.92 Å². The van der Waals surface area contributed by atoms with Crippen molar-refractivity contribution < 1.29 is 13.5 Å². The number of aliphatic hydroxyl groups excluding tert-OH is 1. The highest BCUT2D eigenvalue weighted by Crippen LogP contribution is 2.20. The van der Waals surface area contributed by atoms with Crippen LogP contribution >= 0.6 is 0 Å². The number of imidazole rings is 1. The number of rotatable bonds is 7. The van der Waals surface area contributed by atoms with E-state index in [0.29, 0.717) is 19.6 Å². The van der Waals surface area contributed by atoms with Crippen LogP contribution in [-0.4, -0.2) is 52.9 Å². The standard InChI is InChI=1S/C20H29N3O3S/c1-16(2)15-27(25,26)20-21-11-18(13-22-10-6-9-19(24)14-22)23(20)12-17-7-4-3-5-8-17/h3-5,7-8,11,16,19,24H,6,9-10,12-15H2,1-2H3. The zero-order valence-electron chi connectivity index (χ0n) is 16.1. The summed E-state index contributed by atoms with van der Waals surface area (Å²) in [5.41, 5.74) is 1.91. The normalized spacial score (nSPS) is 18.9. The van der Waals surface area contributed by atoms with E-state index in [0.717, 1.165) is 30.6 Å². The zero-order valence-corrected chi connectivity index (χ0v) is 16.9. The van der Waals surface area contributed by atoms with E-state index in [1.807, 2.05) is 48.7 Å². The largest absolute Gasteiger partial charge is 0.392 e. The predicted octanol–water partition coefficient (Wildman–Crippen LogP) is 2.32. The van der Waals surface area contributed by atoms with Crippen LogP contribution in [0.1, 0.15) is 37.9 Å². The summed E-state index contributed by atoms with van der Waals surface area (Å²) in [6, 6.07) is 9.84. The van der Waals surface area contributed by atoms with Crippen molar-refractivity contribution in [3.05, 3.63) is 47.8 Å². The molecule has 1 unspecified atom stereocenters. The maximum Gasteiger partial charge on any atom is 0.228 e.